The molecule has 1 aliphatic heterocycles. The highest BCUT2D eigenvalue weighted by Crippen LogP contribution is 2.29. The van der Waals surface area contributed by atoms with Crippen molar-refractivity contribution in [1.82, 2.24) is 25.6 Å². The summed E-state index contributed by atoms with van der Waals surface area (Å²) >= 11 is 0. The van der Waals surface area contributed by atoms with Crippen LogP contribution in [0.1, 0.15) is 23.2 Å². The second kappa shape index (κ2) is 12.5. The van der Waals surface area contributed by atoms with E-state index in [1.54, 1.807) is 42.7 Å². The van der Waals surface area contributed by atoms with Gasteiger partial charge < -0.3 is 10.2 Å². The van der Waals surface area contributed by atoms with Crippen LogP contribution in [0.25, 0.3) is 22.2 Å². The highest BCUT2D eigenvalue weighted by atomic mass is 16.6. The molecule has 0 saturated carbocycles. The fraction of sp³-hybridized carbons (Fsp3) is 0.241. The van der Waals surface area contributed by atoms with Crippen molar-refractivity contribution in [3.8, 4) is 11.3 Å². The van der Waals surface area contributed by atoms with Gasteiger partial charge in [-0.2, -0.15) is 10.2 Å². The zero-order chi connectivity index (χ0) is 27.9. The molecule has 0 bridgehead atoms. The predicted octanol–water partition coefficient (Wildman–Crippen LogP) is 3.70. The molecule has 11 heteroatoms. The van der Waals surface area contributed by atoms with E-state index in [0.717, 1.165) is 52.8 Å². The van der Waals surface area contributed by atoms with Gasteiger partial charge >= 0.3 is 0 Å². The molecule has 0 saturated heterocycles. The number of hydroxylamine groups is 1. The Balaban J connectivity index is 1.07. The number of aromatic nitrogens is 2. The number of hydrazine groups is 1. The Hall–Kier alpha value is -4.58. The predicted molar refractivity (Wildman–Crippen MR) is 154 cm³/mol. The Morgan fingerprint density at radius 2 is 1.75 bits per heavy atom. The number of benzene rings is 2. The number of pyridine rings is 2. The van der Waals surface area contributed by atoms with Crippen LogP contribution in [0.3, 0.4) is 0 Å². The number of hydrogen-bond acceptors (Lipinski definition) is 8. The van der Waals surface area contributed by atoms with Gasteiger partial charge in [0.15, 0.2) is 0 Å². The minimum atomic E-state index is -0.142. The monoisotopic (exact) mass is 540 g/mol. The molecule has 0 atom stereocenters. The first-order valence-corrected chi connectivity index (χ1v) is 13.2. The molecule has 0 spiro atoms. The van der Waals surface area contributed by atoms with E-state index < -0.39 is 0 Å². The minimum absolute atomic E-state index is 0.142. The number of para-hydroxylation sites is 3. The summed E-state index contributed by atoms with van der Waals surface area (Å²) in [5, 5.41) is 26.2. The molecule has 4 N–H and O–H groups in total. The van der Waals surface area contributed by atoms with E-state index in [0.29, 0.717) is 35.5 Å². The summed E-state index contributed by atoms with van der Waals surface area (Å²) in [5.41, 5.74) is 6.50. The maximum atomic E-state index is 13.0. The molecule has 5 rings (SSSR count). The number of rotatable bonds is 10. The average molecular weight is 541 g/mol. The van der Waals surface area contributed by atoms with Gasteiger partial charge in [0.1, 0.15) is 11.4 Å². The third-order valence-corrected chi connectivity index (χ3v) is 6.65. The lowest BCUT2D eigenvalue weighted by Gasteiger charge is -2.32. The number of nitrogens with zero attached hydrogens (tertiary/aromatic N) is 6. The lowest BCUT2D eigenvalue weighted by molar-refractivity contribution is 0.0953. The number of carbonyl (C=O) groups is 1. The lowest BCUT2D eigenvalue weighted by Crippen LogP contribution is -2.52. The van der Waals surface area contributed by atoms with Gasteiger partial charge in [-0.05, 0) is 69.4 Å². The van der Waals surface area contributed by atoms with Crippen LogP contribution >= 0.6 is 0 Å². The molecule has 1 aliphatic rings. The summed E-state index contributed by atoms with van der Waals surface area (Å²) in [4.78, 5) is 28.4. The van der Waals surface area contributed by atoms with Crippen LogP contribution in [0.2, 0.25) is 0 Å². The summed E-state index contributed by atoms with van der Waals surface area (Å²) < 4.78 is 0. The Morgan fingerprint density at radius 3 is 2.58 bits per heavy atom. The van der Waals surface area contributed by atoms with Crippen molar-refractivity contribution in [2.24, 2.45) is 4.99 Å². The topological polar surface area (TPSA) is 129 Å². The molecule has 206 valence electrons. The van der Waals surface area contributed by atoms with Crippen molar-refractivity contribution in [3.05, 3.63) is 84.7 Å². The third kappa shape index (κ3) is 6.18. The maximum Gasteiger partial charge on any atom is 0.253 e. The van der Waals surface area contributed by atoms with Gasteiger partial charge in [-0.1, -0.05) is 30.3 Å². The molecule has 11 nitrogen and oxygen atoms in total. The summed E-state index contributed by atoms with van der Waals surface area (Å²) in [6.07, 6.45) is 5.00. The molecule has 0 unspecified atom stereocenters. The van der Waals surface area contributed by atoms with Crippen molar-refractivity contribution in [2.75, 3.05) is 43.5 Å². The fourth-order valence-electron chi connectivity index (χ4n) is 4.54. The van der Waals surface area contributed by atoms with Crippen molar-refractivity contribution in [3.63, 3.8) is 0 Å². The largest absolute Gasteiger partial charge is 0.352 e. The van der Waals surface area contributed by atoms with E-state index in [4.69, 9.17) is 4.98 Å². The Kier molecular flexibility index (Phi) is 8.45. The average Bonchev–Trinajstić information content (AvgIpc) is 2.99. The Labute approximate surface area is 232 Å². The highest BCUT2D eigenvalue weighted by Gasteiger charge is 2.25. The lowest BCUT2D eigenvalue weighted by atomic mass is 10.1. The first-order chi connectivity index (χ1) is 19.5. The number of amides is 1. The molecule has 3 heterocycles. The van der Waals surface area contributed by atoms with Gasteiger partial charge in [0.25, 0.3) is 5.91 Å². The van der Waals surface area contributed by atoms with E-state index in [1.165, 1.54) is 0 Å². The van der Waals surface area contributed by atoms with Gasteiger partial charge in [0.2, 0.25) is 5.96 Å². The standard InChI is InChI=1S/C29H32N8O3/c1-35(20-6-16-32-29-34-37(40)26-10-3-2-9-25(26)36(29)39)19-5-15-31-28(38)23-8-4-7-22-11-12-24(33-27(22)23)21-13-17-30-18-14-21/h2-4,7-14,17-18,39-40H,5-6,15-16,19-20H2,1H3,(H,31,38)(H,32,34). The molecule has 2 aromatic carbocycles. The number of nitrogens with one attached hydrogen (secondary N) is 2. The van der Waals surface area contributed by atoms with Gasteiger partial charge in [-0.25, -0.2) is 15.4 Å². The van der Waals surface area contributed by atoms with E-state index in [2.05, 4.69) is 25.6 Å². The molecule has 0 radical (unpaired) electrons. The van der Waals surface area contributed by atoms with Crippen LogP contribution in [0.5, 0.6) is 0 Å². The van der Waals surface area contributed by atoms with Crippen molar-refractivity contribution >= 4 is 34.1 Å². The second-order valence-electron chi connectivity index (χ2n) is 9.51. The number of guanidine groups is 1. The smallest absolute Gasteiger partial charge is 0.253 e. The molecule has 0 fully saturated rings. The minimum Gasteiger partial charge on any atom is -0.352 e. The van der Waals surface area contributed by atoms with Crippen LogP contribution in [0, 0.1) is 0 Å². The number of carbonyl (C=O) groups excluding carboxylic acids is 1. The van der Waals surface area contributed by atoms with E-state index in [-0.39, 0.29) is 11.9 Å². The molecule has 4 aromatic rings. The normalized spacial score (nSPS) is 13.9. The molecule has 0 aliphatic carbocycles. The van der Waals surface area contributed by atoms with Gasteiger partial charge in [-0.15, -0.1) is 0 Å². The quantitative estimate of drug-likeness (QED) is 0.223. The zero-order valence-electron chi connectivity index (χ0n) is 22.2. The van der Waals surface area contributed by atoms with Crippen LogP contribution in [0.15, 0.2) is 84.1 Å². The first-order valence-electron chi connectivity index (χ1n) is 13.2. The maximum absolute atomic E-state index is 13.0. The molecule has 2 aromatic heterocycles. The summed E-state index contributed by atoms with van der Waals surface area (Å²) in [5.74, 6) is 0.0129. The number of hydrogen-bond donors (Lipinski definition) is 4. The highest BCUT2D eigenvalue weighted by molar-refractivity contribution is 6.06. The molecule has 1 amide bonds. The Morgan fingerprint density at radius 1 is 0.975 bits per heavy atom. The molecule has 40 heavy (non-hydrogen) atoms. The van der Waals surface area contributed by atoms with Crippen LogP contribution in [0.4, 0.5) is 11.4 Å². The summed E-state index contributed by atoms with van der Waals surface area (Å²) in [7, 11) is 2.02. The number of anilines is 2. The summed E-state index contributed by atoms with van der Waals surface area (Å²) in [6.45, 7) is 2.60. The number of fused-ring (bicyclic) bond motifs is 2. The van der Waals surface area contributed by atoms with Crippen molar-refractivity contribution in [1.29, 1.82) is 0 Å². The fourth-order valence-corrected chi connectivity index (χ4v) is 4.54. The van der Waals surface area contributed by atoms with Gasteiger partial charge in [0.05, 0.1) is 16.8 Å². The van der Waals surface area contributed by atoms with Crippen molar-refractivity contribution in [2.45, 2.75) is 12.8 Å². The molecular formula is C29H32N8O3. The van der Waals surface area contributed by atoms with Crippen LogP contribution in [-0.2, 0) is 0 Å². The van der Waals surface area contributed by atoms with Crippen LogP contribution in [-0.4, -0.2) is 70.4 Å². The Bertz CT molecular complexity index is 1500. The zero-order valence-corrected chi connectivity index (χ0v) is 22.2. The van der Waals surface area contributed by atoms with Gasteiger partial charge in [-0.3, -0.25) is 20.2 Å². The number of aliphatic imine (C=N–C) groups is 1. The van der Waals surface area contributed by atoms with E-state index >= 15 is 0 Å². The van der Waals surface area contributed by atoms with E-state index in [1.807, 2.05) is 43.4 Å². The second-order valence-corrected chi connectivity index (χ2v) is 9.51. The first kappa shape index (κ1) is 27.0. The van der Waals surface area contributed by atoms with Crippen molar-refractivity contribution < 1.29 is 15.2 Å². The SMILES string of the molecule is CN(CCCN=C1NN(O)c2ccccc2N1O)CCCNC(=O)c1cccc2ccc(-c3ccncc3)nc12. The summed E-state index contributed by atoms with van der Waals surface area (Å²) in [6, 6.07) is 20.3. The molecular weight excluding hydrogens is 508 g/mol. The van der Waals surface area contributed by atoms with E-state index in [9.17, 15) is 15.2 Å². The third-order valence-electron chi connectivity index (χ3n) is 6.65. The van der Waals surface area contributed by atoms with Gasteiger partial charge in [0, 0.05) is 36.4 Å². The van der Waals surface area contributed by atoms with Crippen LogP contribution < -0.4 is 21.0 Å².